The van der Waals surface area contributed by atoms with E-state index in [0.29, 0.717) is 36.8 Å². The Bertz CT molecular complexity index is 1090. The van der Waals surface area contributed by atoms with Gasteiger partial charge in [-0.3, -0.25) is 19.0 Å². The van der Waals surface area contributed by atoms with Crippen LogP contribution in [0.3, 0.4) is 0 Å². The number of nitrogens with one attached hydrogen (secondary N) is 2. The number of hydrogen-bond acceptors (Lipinski definition) is 5. The van der Waals surface area contributed by atoms with Gasteiger partial charge in [0.1, 0.15) is 29.2 Å². The molecule has 4 rings (SSSR count). The molecule has 1 spiro atoms. The van der Waals surface area contributed by atoms with Crippen LogP contribution in [0.1, 0.15) is 69.8 Å². The van der Waals surface area contributed by atoms with Crippen molar-refractivity contribution in [2.75, 3.05) is 5.32 Å². The highest BCUT2D eigenvalue weighted by molar-refractivity contribution is 6.34. The number of fused-ring (bicyclic) bond motifs is 2. The molecule has 2 heterocycles. The summed E-state index contributed by atoms with van der Waals surface area (Å²) in [7, 11) is 0. The molecule has 0 aromatic carbocycles. The second kappa shape index (κ2) is 10.0. The molecule has 1 amide bonds. The van der Waals surface area contributed by atoms with Crippen molar-refractivity contribution in [3.8, 4) is 0 Å². The lowest BCUT2D eigenvalue weighted by molar-refractivity contribution is -0.118. The van der Waals surface area contributed by atoms with Gasteiger partial charge in [0.2, 0.25) is 0 Å². The number of anilines is 1. The fraction of sp³-hybridized carbons (Fsp3) is 0.500. The Hall–Kier alpha value is -2.74. The Morgan fingerprint density at radius 2 is 2.03 bits per heavy atom. The van der Waals surface area contributed by atoms with Crippen LogP contribution in [0.2, 0.25) is 5.02 Å². The highest BCUT2D eigenvalue weighted by Crippen LogP contribution is 2.40. The number of alkyl halides is 1. The second-order valence-corrected chi connectivity index (χ2v) is 9.17. The smallest absolute Gasteiger partial charge is 0.277 e. The molecule has 7 nitrogen and oxygen atoms in total. The van der Waals surface area contributed by atoms with Crippen LogP contribution in [-0.4, -0.2) is 28.6 Å². The SMILES string of the molecule is C=C(C)/C=C(\N=C/C)Nc1cc(Cl)c2n(c1=O)C1(CCCCC1F)NC2=O.CC(=O)C1CC1. The number of amides is 1. The number of ketones is 1. The molecule has 2 atom stereocenters. The normalized spacial score (nSPS) is 24.2. The molecule has 2 aliphatic carbocycles. The molecule has 33 heavy (non-hydrogen) atoms. The summed E-state index contributed by atoms with van der Waals surface area (Å²) in [5.74, 6) is 0.697. The molecule has 178 valence electrons. The third-order valence-electron chi connectivity index (χ3n) is 5.95. The summed E-state index contributed by atoms with van der Waals surface area (Å²) in [5, 5.41) is 5.69. The Balaban J connectivity index is 0.000000442. The van der Waals surface area contributed by atoms with E-state index in [1.54, 1.807) is 33.1 Å². The molecule has 1 aromatic heterocycles. The summed E-state index contributed by atoms with van der Waals surface area (Å²) < 4.78 is 16.1. The molecule has 1 aromatic rings. The summed E-state index contributed by atoms with van der Waals surface area (Å²) in [6.07, 6.45) is 6.22. The largest absolute Gasteiger partial charge is 0.336 e. The first kappa shape index (κ1) is 24.9. The number of carbonyl (C=O) groups is 2. The fourth-order valence-corrected chi connectivity index (χ4v) is 4.47. The first-order valence-corrected chi connectivity index (χ1v) is 11.5. The molecule has 0 saturated heterocycles. The summed E-state index contributed by atoms with van der Waals surface area (Å²) in [5.41, 5.74) is -1.04. The quantitative estimate of drug-likeness (QED) is 0.475. The average Bonchev–Trinajstić information content (AvgIpc) is 3.54. The van der Waals surface area contributed by atoms with E-state index in [1.807, 2.05) is 0 Å². The van der Waals surface area contributed by atoms with E-state index >= 15 is 0 Å². The zero-order valence-electron chi connectivity index (χ0n) is 19.2. The predicted octanol–water partition coefficient (Wildman–Crippen LogP) is 4.72. The van der Waals surface area contributed by atoms with Gasteiger partial charge in [-0.15, -0.1) is 0 Å². The van der Waals surface area contributed by atoms with Crippen molar-refractivity contribution in [1.82, 2.24) is 9.88 Å². The number of carbonyl (C=O) groups excluding carboxylic acids is 2. The van der Waals surface area contributed by atoms with Crippen molar-refractivity contribution in [1.29, 1.82) is 0 Å². The van der Waals surface area contributed by atoms with Crippen LogP contribution in [0, 0.1) is 5.92 Å². The lowest BCUT2D eigenvalue weighted by atomic mass is 9.87. The van der Waals surface area contributed by atoms with Crippen molar-refractivity contribution in [3.05, 3.63) is 51.2 Å². The van der Waals surface area contributed by atoms with E-state index in [0.717, 1.165) is 18.4 Å². The number of nitrogens with zero attached hydrogens (tertiary/aromatic N) is 2. The third kappa shape index (κ3) is 5.27. The Kier molecular flexibility index (Phi) is 7.57. The van der Waals surface area contributed by atoms with Gasteiger partial charge in [-0.25, -0.2) is 9.38 Å². The highest BCUT2D eigenvalue weighted by Gasteiger charge is 2.52. The van der Waals surface area contributed by atoms with E-state index < -0.39 is 23.3 Å². The van der Waals surface area contributed by atoms with Gasteiger partial charge in [0, 0.05) is 12.1 Å². The lowest BCUT2D eigenvalue weighted by Gasteiger charge is -2.38. The Morgan fingerprint density at radius 1 is 1.33 bits per heavy atom. The number of rotatable bonds is 5. The standard InChI is InChI=1S/C19H22ClFN4O2.C5H8O/c1-4-22-15(9-11(2)3)23-13-10-12(20)16-17(26)24-19(25(16)18(13)27)8-6-5-7-14(19)21;1-4(6)5-2-3-5/h4,9-10,14,23H,2,5-8H2,1,3H3,(H,24,26);5H,2-3H2,1H3/b15-9+,22-4-;. The minimum absolute atomic E-state index is 0.00110. The van der Waals surface area contributed by atoms with Crippen LogP contribution in [0.15, 0.2) is 39.9 Å². The van der Waals surface area contributed by atoms with Gasteiger partial charge in [-0.2, -0.15) is 0 Å². The van der Waals surface area contributed by atoms with E-state index in [2.05, 4.69) is 22.2 Å². The van der Waals surface area contributed by atoms with Crippen LogP contribution in [-0.2, 0) is 10.5 Å². The molecule has 0 radical (unpaired) electrons. The molecular formula is C24H30ClFN4O3. The van der Waals surface area contributed by atoms with E-state index in [-0.39, 0.29) is 22.8 Å². The topological polar surface area (TPSA) is 92.6 Å². The fourth-order valence-electron chi connectivity index (χ4n) is 4.19. The lowest BCUT2D eigenvalue weighted by Crippen LogP contribution is -2.55. The average molecular weight is 477 g/mol. The van der Waals surface area contributed by atoms with Gasteiger partial charge in [0.15, 0.2) is 5.66 Å². The van der Waals surface area contributed by atoms with Gasteiger partial charge in [0.25, 0.3) is 11.5 Å². The Labute approximate surface area is 197 Å². The van der Waals surface area contributed by atoms with Crippen molar-refractivity contribution in [2.45, 2.75) is 71.1 Å². The number of allylic oxidation sites excluding steroid dienone is 2. The number of aliphatic imine (C=N–C) groups is 1. The van der Waals surface area contributed by atoms with E-state index in [1.165, 1.54) is 10.6 Å². The zero-order valence-corrected chi connectivity index (χ0v) is 20.0. The highest BCUT2D eigenvalue weighted by atomic mass is 35.5. The van der Waals surface area contributed by atoms with E-state index in [9.17, 15) is 18.8 Å². The summed E-state index contributed by atoms with van der Waals surface area (Å²) in [6, 6.07) is 1.38. The maximum Gasteiger partial charge on any atom is 0.277 e. The monoisotopic (exact) mass is 476 g/mol. The molecule has 2 unspecified atom stereocenters. The zero-order chi connectivity index (χ0) is 24.3. The minimum Gasteiger partial charge on any atom is -0.336 e. The second-order valence-electron chi connectivity index (χ2n) is 8.76. The number of halogens is 2. The van der Waals surface area contributed by atoms with Gasteiger partial charge in [-0.1, -0.05) is 30.2 Å². The van der Waals surface area contributed by atoms with Gasteiger partial charge in [-0.05, 0) is 65.0 Å². The third-order valence-corrected chi connectivity index (χ3v) is 6.24. The predicted molar refractivity (Wildman–Crippen MR) is 129 cm³/mol. The first-order chi connectivity index (χ1) is 15.6. The van der Waals surface area contributed by atoms with Crippen LogP contribution in [0.25, 0.3) is 0 Å². The number of Topliss-reactive ketones (excluding diaryl/α,β-unsaturated/α-hetero) is 1. The van der Waals surface area contributed by atoms with E-state index in [4.69, 9.17) is 11.6 Å². The number of pyridine rings is 1. The maximum atomic E-state index is 14.9. The summed E-state index contributed by atoms with van der Waals surface area (Å²) in [4.78, 5) is 40.0. The summed E-state index contributed by atoms with van der Waals surface area (Å²) >= 11 is 6.30. The molecule has 2 saturated carbocycles. The minimum atomic E-state index is -1.38. The number of aromatic nitrogens is 1. The van der Waals surface area contributed by atoms with Crippen molar-refractivity contribution >= 4 is 35.2 Å². The van der Waals surface area contributed by atoms with Crippen molar-refractivity contribution in [3.63, 3.8) is 0 Å². The van der Waals surface area contributed by atoms with Crippen LogP contribution in [0.5, 0.6) is 0 Å². The molecule has 2 fully saturated rings. The van der Waals surface area contributed by atoms with Gasteiger partial charge >= 0.3 is 0 Å². The maximum absolute atomic E-state index is 14.9. The molecule has 3 aliphatic rings. The van der Waals surface area contributed by atoms with Crippen LogP contribution in [0.4, 0.5) is 10.1 Å². The van der Waals surface area contributed by atoms with Crippen molar-refractivity contribution < 1.29 is 14.0 Å². The van der Waals surface area contributed by atoms with Crippen molar-refractivity contribution in [2.24, 2.45) is 10.9 Å². The first-order valence-electron chi connectivity index (χ1n) is 11.2. The molecule has 0 bridgehead atoms. The summed E-state index contributed by atoms with van der Waals surface area (Å²) in [6.45, 7) is 9.00. The number of hydrogen-bond donors (Lipinski definition) is 2. The molecule has 9 heteroatoms. The molecular weight excluding hydrogens is 447 g/mol. The molecule has 2 N–H and O–H groups in total. The van der Waals surface area contributed by atoms with Gasteiger partial charge < -0.3 is 10.6 Å². The molecule has 1 aliphatic heterocycles. The van der Waals surface area contributed by atoms with Crippen LogP contribution < -0.4 is 16.2 Å². The van der Waals surface area contributed by atoms with Crippen LogP contribution >= 0.6 is 11.6 Å². The Morgan fingerprint density at radius 3 is 2.55 bits per heavy atom. The van der Waals surface area contributed by atoms with Gasteiger partial charge in [0.05, 0.1) is 5.02 Å².